The third kappa shape index (κ3) is 8.86. The van der Waals surface area contributed by atoms with E-state index in [0.717, 1.165) is 16.0 Å². The summed E-state index contributed by atoms with van der Waals surface area (Å²) in [7, 11) is 0. The first-order valence-electron chi connectivity index (χ1n) is 14.2. The normalized spacial score (nSPS) is 11.8. The molecule has 3 N–H and O–H groups in total. The topological polar surface area (TPSA) is 100 Å². The second kappa shape index (κ2) is 15.7. The highest BCUT2D eigenvalue weighted by Gasteiger charge is 2.21. The highest BCUT2D eigenvalue weighted by atomic mass is 35.5. The average Bonchev–Trinajstić information content (AvgIpc) is 3.54. The summed E-state index contributed by atoms with van der Waals surface area (Å²) in [5.74, 6) is -1.07. The van der Waals surface area contributed by atoms with Crippen molar-refractivity contribution in [2.45, 2.75) is 23.5 Å². The summed E-state index contributed by atoms with van der Waals surface area (Å²) >= 11 is 14.9. The maximum absolute atomic E-state index is 13.4. The fourth-order valence-electron chi connectivity index (χ4n) is 4.30. The van der Waals surface area contributed by atoms with Gasteiger partial charge < -0.3 is 16.0 Å². The number of rotatable bonds is 11. The highest BCUT2D eigenvalue weighted by Crippen LogP contribution is 2.32. The quantitative estimate of drug-likeness (QED) is 0.0951. The molecule has 4 aromatic carbocycles. The zero-order valence-corrected chi connectivity index (χ0v) is 27.6. The monoisotopic (exact) mass is 686 g/mol. The van der Waals surface area contributed by atoms with Crippen LogP contribution in [0.15, 0.2) is 119 Å². The molecule has 0 radical (unpaired) electrons. The Balaban J connectivity index is 1.26. The Morgan fingerprint density at radius 3 is 2.33 bits per heavy atom. The van der Waals surface area contributed by atoms with E-state index in [9.17, 15) is 14.4 Å². The smallest absolute Gasteiger partial charge is 0.272 e. The molecule has 0 bridgehead atoms. The molecular weight excluding hydrogens is 659 g/mol. The number of anilines is 2. The van der Waals surface area contributed by atoms with E-state index in [0.29, 0.717) is 38.5 Å². The molecule has 0 saturated heterocycles. The summed E-state index contributed by atoms with van der Waals surface area (Å²) in [6.45, 7) is 1.93. The molecule has 232 valence electrons. The maximum Gasteiger partial charge on any atom is 0.272 e. The SMILES string of the molecule is CCC(Sc1cccc(NC(=O)/C(=C/c2ccccc2)NC(=O)c2ccccc2)c1)C(=O)Nc1nc(-c2ccc(Cl)c(Cl)c2)cs1. The number of nitrogens with one attached hydrogen (secondary N) is 3. The van der Waals surface area contributed by atoms with Gasteiger partial charge in [0.15, 0.2) is 5.13 Å². The molecule has 5 rings (SSSR count). The summed E-state index contributed by atoms with van der Waals surface area (Å²) in [5, 5.41) is 11.3. The van der Waals surface area contributed by atoms with Gasteiger partial charge in [-0.2, -0.15) is 0 Å². The van der Waals surface area contributed by atoms with Gasteiger partial charge in [0.05, 0.1) is 21.0 Å². The van der Waals surface area contributed by atoms with Gasteiger partial charge in [0.1, 0.15) is 5.70 Å². The first-order valence-corrected chi connectivity index (χ1v) is 16.7. The average molecular weight is 688 g/mol. The molecule has 7 nitrogen and oxygen atoms in total. The molecule has 1 unspecified atom stereocenters. The number of carbonyl (C=O) groups excluding carboxylic acids is 3. The fourth-order valence-corrected chi connectivity index (χ4v) is 6.33. The Morgan fingerprint density at radius 2 is 1.61 bits per heavy atom. The third-order valence-corrected chi connectivity index (χ3v) is 9.48. The van der Waals surface area contributed by atoms with Gasteiger partial charge in [-0.1, -0.05) is 90.8 Å². The van der Waals surface area contributed by atoms with Crippen LogP contribution in [0.4, 0.5) is 10.8 Å². The molecule has 1 atom stereocenters. The van der Waals surface area contributed by atoms with Crippen molar-refractivity contribution < 1.29 is 14.4 Å². The molecule has 0 aliphatic heterocycles. The molecule has 0 fully saturated rings. The number of aromatic nitrogens is 1. The van der Waals surface area contributed by atoms with Gasteiger partial charge in [0, 0.05) is 27.1 Å². The molecule has 0 aliphatic carbocycles. The van der Waals surface area contributed by atoms with Gasteiger partial charge in [0.25, 0.3) is 11.8 Å². The Bertz CT molecular complexity index is 1880. The molecule has 5 aromatic rings. The minimum atomic E-state index is -0.485. The van der Waals surface area contributed by atoms with Crippen LogP contribution < -0.4 is 16.0 Å². The van der Waals surface area contributed by atoms with Gasteiger partial charge in [-0.15, -0.1) is 23.1 Å². The lowest BCUT2D eigenvalue weighted by Gasteiger charge is -2.15. The summed E-state index contributed by atoms with van der Waals surface area (Å²) in [6, 6.07) is 30.4. The van der Waals surface area contributed by atoms with Gasteiger partial charge in [0.2, 0.25) is 5.91 Å². The number of thioether (sulfide) groups is 1. The van der Waals surface area contributed by atoms with Crippen LogP contribution in [0.1, 0.15) is 29.3 Å². The van der Waals surface area contributed by atoms with E-state index in [4.69, 9.17) is 23.2 Å². The molecule has 46 heavy (non-hydrogen) atoms. The minimum Gasteiger partial charge on any atom is -0.321 e. The lowest BCUT2D eigenvalue weighted by Crippen LogP contribution is -2.30. The van der Waals surface area contributed by atoms with E-state index >= 15 is 0 Å². The summed E-state index contributed by atoms with van der Waals surface area (Å²) in [4.78, 5) is 44.9. The number of benzene rings is 4. The van der Waals surface area contributed by atoms with Gasteiger partial charge in [-0.05, 0) is 60.5 Å². The van der Waals surface area contributed by atoms with Crippen molar-refractivity contribution in [3.8, 4) is 11.3 Å². The highest BCUT2D eigenvalue weighted by molar-refractivity contribution is 8.00. The first kappa shape index (κ1) is 33.0. The van der Waals surface area contributed by atoms with E-state index < -0.39 is 17.1 Å². The van der Waals surface area contributed by atoms with Crippen molar-refractivity contribution in [1.29, 1.82) is 0 Å². The van der Waals surface area contributed by atoms with Crippen LogP contribution in [0.2, 0.25) is 10.0 Å². The number of carbonyl (C=O) groups is 3. The number of amides is 3. The predicted octanol–water partition coefficient (Wildman–Crippen LogP) is 9.04. The number of hydrogen-bond donors (Lipinski definition) is 3. The van der Waals surface area contributed by atoms with Crippen molar-refractivity contribution >= 4 is 80.9 Å². The fraction of sp³-hybridized carbons (Fsp3) is 0.0857. The van der Waals surface area contributed by atoms with E-state index in [-0.39, 0.29) is 11.6 Å². The molecular formula is C35H28Cl2N4O3S2. The Morgan fingerprint density at radius 1 is 0.870 bits per heavy atom. The number of thiazole rings is 1. The van der Waals surface area contributed by atoms with Gasteiger partial charge in [-0.3, -0.25) is 14.4 Å². The van der Waals surface area contributed by atoms with Gasteiger partial charge >= 0.3 is 0 Å². The lowest BCUT2D eigenvalue weighted by atomic mass is 10.1. The molecule has 1 heterocycles. The Hall–Kier alpha value is -4.41. The van der Waals surface area contributed by atoms with E-state index in [1.165, 1.54) is 23.1 Å². The standard InChI is InChI=1S/C35H28Cl2N4O3S2/c1-2-31(34(44)41-35-40-30(21-45-35)24-16-17-27(36)28(37)19-24)46-26-15-9-14-25(20-26)38-33(43)29(18-22-10-5-3-6-11-22)39-32(42)23-12-7-4-8-13-23/h3-21,31H,2H2,1H3,(H,38,43)(H,39,42)(H,40,41,44)/b29-18-. The second-order valence-corrected chi connectivity index (χ2v) is 12.9. The molecule has 0 spiro atoms. The number of nitrogens with zero attached hydrogens (tertiary/aromatic N) is 1. The van der Waals surface area contributed by atoms with Crippen LogP contribution in [-0.4, -0.2) is 28.0 Å². The van der Waals surface area contributed by atoms with Crippen molar-refractivity contribution in [1.82, 2.24) is 10.3 Å². The van der Waals surface area contributed by atoms with Crippen LogP contribution in [0.25, 0.3) is 17.3 Å². The molecule has 1 aromatic heterocycles. The number of halogens is 2. The van der Waals surface area contributed by atoms with Crippen molar-refractivity contribution in [3.05, 3.63) is 135 Å². The minimum absolute atomic E-state index is 0.0904. The van der Waals surface area contributed by atoms with Crippen molar-refractivity contribution in [3.63, 3.8) is 0 Å². The zero-order chi connectivity index (χ0) is 32.5. The summed E-state index contributed by atoms with van der Waals surface area (Å²) < 4.78 is 0. The lowest BCUT2D eigenvalue weighted by molar-refractivity contribution is -0.116. The summed E-state index contributed by atoms with van der Waals surface area (Å²) in [5.41, 5.74) is 3.28. The van der Waals surface area contributed by atoms with Crippen molar-refractivity contribution in [2.24, 2.45) is 0 Å². The predicted molar refractivity (Wildman–Crippen MR) is 190 cm³/mol. The third-order valence-electron chi connectivity index (χ3n) is 6.62. The maximum atomic E-state index is 13.4. The zero-order valence-electron chi connectivity index (χ0n) is 24.5. The van der Waals surface area contributed by atoms with Crippen molar-refractivity contribution in [2.75, 3.05) is 10.6 Å². The first-order chi connectivity index (χ1) is 22.3. The second-order valence-electron chi connectivity index (χ2n) is 9.94. The van der Waals surface area contributed by atoms with Crippen LogP contribution >= 0.6 is 46.3 Å². The van der Waals surface area contributed by atoms with E-state index in [2.05, 4.69) is 20.9 Å². The molecule has 11 heteroatoms. The number of hydrogen-bond acceptors (Lipinski definition) is 6. The largest absolute Gasteiger partial charge is 0.321 e. The summed E-state index contributed by atoms with van der Waals surface area (Å²) in [6.07, 6.45) is 2.19. The molecule has 0 saturated carbocycles. The Labute approximate surface area is 285 Å². The Kier molecular flexibility index (Phi) is 11.3. The van der Waals surface area contributed by atoms with E-state index in [1.807, 2.05) is 60.8 Å². The van der Waals surface area contributed by atoms with Crippen LogP contribution in [0.3, 0.4) is 0 Å². The van der Waals surface area contributed by atoms with Crippen LogP contribution in [0.5, 0.6) is 0 Å². The molecule has 0 aliphatic rings. The van der Waals surface area contributed by atoms with Gasteiger partial charge in [-0.25, -0.2) is 4.98 Å². The van der Waals surface area contributed by atoms with Crippen LogP contribution in [-0.2, 0) is 9.59 Å². The van der Waals surface area contributed by atoms with E-state index in [1.54, 1.807) is 60.7 Å². The van der Waals surface area contributed by atoms with Crippen LogP contribution in [0, 0.1) is 0 Å². The molecule has 3 amide bonds.